The molecule has 1 aliphatic rings. The van der Waals surface area contributed by atoms with Gasteiger partial charge in [-0.05, 0) is 18.2 Å². The Hall–Kier alpha value is -2.68. The molecule has 3 aromatic rings. The van der Waals surface area contributed by atoms with Crippen molar-refractivity contribution in [3.63, 3.8) is 0 Å². The van der Waals surface area contributed by atoms with Crippen molar-refractivity contribution in [2.75, 3.05) is 18.0 Å². The Morgan fingerprint density at radius 2 is 2.31 bits per heavy atom. The number of hydrogen-bond acceptors (Lipinski definition) is 4. The van der Waals surface area contributed by atoms with Gasteiger partial charge in [0.25, 0.3) is 0 Å². The second-order valence-corrected chi connectivity index (χ2v) is 7.18. The summed E-state index contributed by atoms with van der Waals surface area (Å²) in [5.41, 5.74) is 1.80. The lowest BCUT2D eigenvalue weighted by atomic mass is 10.1. The SMILES string of the molecule is O=C(NCCc1cnc[nH]1)[C@@H]1CC(=O)N(c2n[nH]c3cc(Br)ccc23)C1. The van der Waals surface area contributed by atoms with Crippen molar-refractivity contribution < 1.29 is 9.59 Å². The van der Waals surface area contributed by atoms with Crippen LogP contribution in [0.3, 0.4) is 0 Å². The van der Waals surface area contributed by atoms with E-state index >= 15 is 0 Å². The van der Waals surface area contributed by atoms with Gasteiger partial charge in [0.05, 0.1) is 17.8 Å². The van der Waals surface area contributed by atoms with Crippen molar-refractivity contribution in [2.45, 2.75) is 12.8 Å². The fourth-order valence-electron chi connectivity index (χ4n) is 3.16. The molecular formula is C17H17BrN6O2. The van der Waals surface area contributed by atoms with Crippen molar-refractivity contribution in [1.29, 1.82) is 0 Å². The third-order valence-electron chi connectivity index (χ3n) is 4.50. The highest BCUT2D eigenvalue weighted by molar-refractivity contribution is 9.10. The number of nitrogens with zero attached hydrogens (tertiary/aromatic N) is 3. The molecule has 1 aromatic carbocycles. The number of imidazole rings is 1. The zero-order valence-electron chi connectivity index (χ0n) is 13.8. The molecule has 0 spiro atoms. The van der Waals surface area contributed by atoms with E-state index in [1.807, 2.05) is 18.2 Å². The number of nitrogens with one attached hydrogen (secondary N) is 3. The molecule has 26 heavy (non-hydrogen) atoms. The van der Waals surface area contributed by atoms with E-state index in [0.29, 0.717) is 25.3 Å². The number of aromatic amines is 2. The number of anilines is 1. The summed E-state index contributed by atoms with van der Waals surface area (Å²) >= 11 is 3.42. The van der Waals surface area contributed by atoms with Gasteiger partial charge in [0.2, 0.25) is 11.8 Å². The maximum absolute atomic E-state index is 12.4. The van der Waals surface area contributed by atoms with Crippen molar-refractivity contribution in [3.05, 3.63) is 40.9 Å². The van der Waals surface area contributed by atoms with Crippen molar-refractivity contribution in [2.24, 2.45) is 5.92 Å². The molecule has 0 saturated carbocycles. The van der Waals surface area contributed by atoms with Crippen LogP contribution in [0.5, 0.6) is 0 Å². The maximum Gasteiger partial charge on any atom is 0.229 e. The number of hydrogen-bond donors (Lipinski definition) is 3. The average molecular weight is 417 g/mol. The number of amides is 2. The number of aromatic nitrogens is 4. The summed E-state index contributed by atoms with van der Waals surface area (Å²) in [4.78, 5) is 33.3. The first kappa shape index (κ1) is 16.8. The molecule has 1 fully saturated rings. The molecule has 1 atom stereocenters. The Labute approximate surface area is 157 Å². The Morgan fingerprint density at radius 1 is 1.42 bits per heavy atom. The molecule has 0 aliphatic carbocycles. The quantitative estimate of drug-likeness (QED) is 0.588. The maximum atomic E-state index is 12.4. The van der Waals surface area contributed by atoms with E-state index < -0.39 is 0 Å². The monoisotopic (exact) mass is 416 g/mol. The molecule has 0 radical (unpaired) electrons. The minimum absolute atomic E-state index is 0.0879. The fourth-order valence-corrected chi connectivity index (χ4v) is 3.52. The normalized spacial score (nSPS) is 17.2. The summed E-state index contributed by atoms with van der Waals surface area (Å²) in [5, 5.41) is 11.0. The van der Waals surface area contributed by atoms with Gasteiger partial charge in [-0.3, -0.25) is 19.6 Å². The van der Waals surface area contributed by atoms with Gasteiger partial charge in [-0.25, -0.2) is 4.98 Å². The summed E-state index contributed by atoms with van der Waals surface area (Å²) in [6.07, 6.45) is 4.21. The van der Waals surface area contributed by atoms with Gasteiger partial charge in [-0.15, -0.1) is 0 Å². The predicted molar refractivity (Wildman–Crippen MR) is 99.6 cm³/mol. The van der Waals surface area contributed by atoms with Gasteiger partial charge < -0.3 is 10.3 Å². The molecule has 0 bridgehead atoms. The van der Waals surface area contributed by atoms with Gasteiger partial charge >= 0.3 is 0 Å². The third-order valence-corrected chi connectivity index (χ3v) is 5.00. The highest BCUT2D eigenvalue weighted by atomic mass is 79.9. The van der Waals surface area contributed by atoms with Crippen LogP contribution < -0.4 is 10.2 Å². The highest BCUT2D eigenvalue weighted by Gasteiger charge is 2.36. The predicted octanol–water partition coefficient (Wildman–Crippen LogP) is 1.76. The number of halogens is 1. The first-order chi connectivity index (χ1) is 12.6. The van der Waals surface area contributed by atoms with Crippen LogP contribution in [0.4, 0.5) is 5.82 Å². The molecule has 2 aromatic heterocycles. The van der Waals surface area contributed by atoms with Gasteiger partial charge in [-0.1, -0.05) is 15.9 Å². The van der Waals surface area contributed by atoms with Crippen LogP contribution >= 0.6 is 15.9 Å². The zero-order valence-corrected chi connectivity index (χ0v) is 15.4. The molecular weight excluding hydrogens is 400 g/mol. The van der Waals surface area contributed by atoms with Crippen molar-refractivity contribution in [3.8, 4) is 0 Å². The zero-order chi connectivity index (χ0) is 18.1. The minimum atomic E-state index is -0.369. The summed E-state index contributed by atoms with van der Waals surface area (Å²) in [7, 11) is 0. The second-order valence-electron chi connectivity index (χ2n) is 6.26. The van der Waals surface area contributed by atoms with Gasteiger partial charge in [0.1, 0.15) is 0 Å². The molecule has 3 N–H and O–H groups in total. The van der Waals surface area contributed by atoms with Crippen LogP contribution in [-0.4, -0.2) is 45.1 Å². The smallest absolute Gasteiger partial charge is 0.229 e. The third kappa shape index (κ3) is 3.22. The first-order valence-corrected chi connectivity index (χ1v) is 9.10. The second kappa shape index (κ2) is 6.91. The summed E-state index contributed by atoms with van der Waals surface area (Å²) in [6, 6.07) is 5.72. The average Bonchev–Trinajstić information content (AvgIpc) is 3.34. The van der Waals surface area contributed by atoms with E-state index in [4.69, 9.17) is 0 Å². The van der Waals surface area contributed by atoms with E-state index in [1.165, 1.54) is 0 Å². The van der Waals surface area contributed by atoms with E-state index in [2.05, 4.69) is 41.4 Å². The topological polar surface area (TPSA) is 107 Å². The molecule has 9 heteroatoms. The van der Waals surface area contributed by atoms with Crippen LogP contribution in [0.25, 0.3) is 10.9 Å². The van der Waals surface area contributed by atoms with Crippen molar-refractivity contribution in [1.82, 2.24) is 25.5 Å². The molecule has 4 rings (SSSR count). The molecule has 2 amide bonds. The van der Waals surface area contributed by atoms with Gasteiger partial charge in [0, 0.05) is 47.7 Å². The summed E-state index contributed by atoms with van der Waals surface area (Å²) < 4.78 is 0.933. The summed E-state index contributed by atoms with van der Waals surface area (Å²) in [6.45, 7) is 0.843. The fraction of sp³-hybridized carbons (Fsp3) is 0.294. The van der Waals surface area contributed by atoms with Crippen LogP contribution in [0, 0.1) is 5.92 Å². The van der Waals surface area contributed by atoms with E-state index in [1.54, 1.807) is 17.4 Å². The lowest BCUT2D eigenvalue weighted by Crippen LogP contribution is -2.34. The van der Waals surface area contributed by atoms with Gasteiger partial charge in [0.15, 0.2) is 5.82 Å². The van der Waals surface area contributed by atoms with E-state index in [0.717, 1.165) is 21.1 Å². The number of rotatable bonds is 5. The molecule has 134 valence electrons. The van der Waals surface area contributed by atoms with Crippen LogP contribution in [0.1, 0.15) is 12.1 Å². The molecule has 0 unspecified atom stereocenters. The lowest BCUT2D eigenvalue weighted by molar-refractivity contribution is -0.126. The molecule has 8 nitrogen and oxygen atoms in total. The van der Waals surface area contributed by atoms with Crippen LogP contribution in [-0.2, 0) is 16.0 Å². The number of carbonyl (C=O) groups is 2. The number of H-pyrrole nitrogens is 2. The number of carbonyl (C=O) groups excluding carboxylic acids is 2. The molecule has 1 aliphatic heterocycles. The molecule has 1 saturated heterocycles. The summed E-state index contributed by atoms with van der Waals surface area (Å²) in [5.74, 6) is 0.00899. The molecule has 3 heterocycles. The van der Waals surface area contributed by atoms with E-state index in [9.17, 15) is 9.59 Å². The largest absolute Gasteiger partial charge is 0.355 e. The number of benzene rings is 1. The van der Waals surface area contributed by atoms with Gasteiger partial charge in [-0.2, -0.15) is 5.10 Å². The Morgan fingerprint density at radius 3 is 3.12 bits per heavy atom. The van der Waals surface area contributed by atoms with Crippen molar-refractivity contribution >= 4 is 44.5 Å². The van der Waals surface area contributed by atoms with E-state index in [-0.39, 0.29) is 24.2 Å². The standard InChI is InChI=1S/C17H17BrN6O2/c18-11-1-2-13-14(6-11)22-23-16(13)24-8-10(5-15(24)25)17(26)20-4-3-12-7-19-9-21-12/h1-2,6-7,9-10H,3-5,8H2,(H,19,21)(H,20,26)(H,22,23)/t10-/m1/s1. The Kier molecular flexibility index (Phi) is 4.46. The first-order valence-electron chi connectivity index (χ1n) is 8.31. The van der Waals surface area contributed by atoms with Crippen LogP contribution in [0.2, 0.25) is 0 Å². The number of fused-ring (bicyclic) bond motifs is 1. The lowest BCUT2D eigenvalue weighted by Gasteiger charge is -2.14. The van der Waals surface area contributed by atoms with Crippen LogP contribution in [0.15, 0.2) is 35.2 Å². The minimum Gasteiger partial charge on any atom is -0.355 e. The Bertz CT molecular complexity index is 951. The Balaban J connectivity index is 1.42. The highest BCUT2D eigenvalue weighted by Crippen LogP contribution is 2.31.